The molecule has 37 heavy (non-hydrogen) atoms. The van der Waals surface area contributed by atoms with Crippen LogP contribution < -0.4 is 4.74 Å². The SMILES string of the molecule is CCc1ccc(CN(C)C(=O)c2ccc3[nH]c(-c4cc(-c5cccnc5OC)ccc4O)nc3c2)nc1. The number of aromatic nitrogens is 4. The Morgan fingerprint density at radius 2 is 1.92 bits per heavy atom. The molecule has 1 amide bonds. The summed E-state index contributed by atoms with van der Waals surface area (Å²) >= 11 is 0. The Morgan fingerprint density at radius 1 is 1.05 bits per heavy atom. The predicted molar refractivity (Wildman–Crippen MR) is 142 cm³/mol. The summed E-state index contributed by atoms with van der Waals surface area (Å²) in [4.78, 5) is 31.4. The summed E-state index contributed by atoms with van der Waals surface area (Å²) in [6.07, 6.45) is 4.44. The topological polar surface area (TPSA) is 104 Å². The third-order valence-electron chi connectivity index (χ3n) is 6.30. The minimum Gasteiger partial charge on any atom is -0.507 e. The fraction of sp³-hybridized carbons (Fsp3) is 0.172. The molecule has 8 heteroatoms. The fourth-order valence-electron chi connectivity index (χ4n) is 4.23. The van der Waals surface area contributed by atoms with Gasteiger partial charge in [0.15, 0.2) is 0 Å². The number of hydrogen-bond acceptors (Lipinski definition) is 6. The molecule has 8 nitrogen and oxygen atoms in total. The highest BCUT2D eigenvalue weighted by molar-refractivity contribution is 5.97. The van der Waals surface area contributed by atoms with Crippen LogP contribution >= 0.6 is 0 Å². The van der Waals surface area contributed by atoms with Crippen LogP contribution in [-0.2, 0) is 13.0 Å². The fourth-order valence-corrected chi connectivity index (χ4v) is 4.23. The standard InChI is InChI=1S/C29H27N5O3/c1-4-18-7-10-21(31-16-18)17-34(2)29(36)20-8-11-24-25(15-20)33-27(32-24)23-14-19(9-12-26(23)35)22-6-5-13-30-28(22)37-3/h5-16,35H,4,17H2,1-3H3,(H,32,33). The van der Waals surface area contributed by atoms with Gasteiger partial charge >= 0.3 is 0 Å². The largest absolute Gasteiger partial charge is 0.507 e. The number of pyridine rings is 2. The van der Waals surface area contributed by atoms with E-state index in [9.17, 15) is 9.90 Å². The van der Waals surface area contributed by atoms with Crippen LogP contribution in [0.3, 0.4) is 0 Å². The van der Waals surface area contributed by atoms with E-state index in [0.717, 1.165) is 34.3 Å². The molecule has 0 fully saturated rings. The zero-order chi connectivity index (χ0) is 25.9. The molecule has 186 valence electrons. The number of benzene rings is 2. The van der Waals surface area contributed by atoms with Gasteiger partial charge in [0.2, 0.25) is 5.88 Å². The number of nitrogens with one attached hydrogen (secondary N) is 1. The van der Waals surface area contributed by atoms with E-state index in [4.69, 9.17) is 4.74 Å². The van der Waals surface area contributed by atoms with E-state index in [1.807, 2.05) is 42.6 Å². The second-order valence-corrected chi connectivity index (χ2v) is 8.78. The Hall–Kier alpha value is -4.72. The number of fused-ring (bicyclic) bond motifs is 1. The van der Waals surface area contributed by atoms with Crippen LogP contribution in [0.15, 0.2) is 73.1 Å². The van der Waals surface area contributed by atoms with Gasteiger partial charge in [-0.05, 0) is 66.1 Å². The first-order valence-corrected chi connectivity index (χ1v) is 12.0. The Kier molecular flexibility index (Phi) is 6.55. The lowest BCUT2D eigenvalue weighted by Gasteiger charge is -2.17. The van der Waals surface area contributed by atoms with Crippen molar-refractivity contribution in [3.05, 3.63) is 89.9 Å². The highest BCUT2D eigenvalue weighted by Crippen LogP contribution is 2.35. The summed E-state index contributed by atoms with van der Waals surface area (Å²) < 4.78 is 5.39. The lowest BCUT2D eigenvalue weighted by molar-refractivity contribution is 0.0783. The predicted octanol–water partition coefficient (Wildman–Crippen LogP) is 5.24. The quantitative estimate of drug-likeness (QED) is 0.322. The van der Waals surface area contributed by atoms with Gasteiger partial charge in [0.05, 0.1) is 35.9 Å². The smallest absolute Gasteiger partial charge is 0.254 e. The summed E-state index contributed by atoms with van der Waals surface area (Å²) in [7, 11) is 3.33. The lowest BCUT2D eigenvalue weighted by Crippen LogP contribution is -2.26. The van der Waals surface area contributed by atoms with E-state index in [-0.39, 0.29) is 11.7 Å². The zero-order valence-electron chi connectivity index (χ0n) is 20.9. The average molecular weight is 494 g/mol. The minimum atomic E-state index is -0.124. The molecule has 3 aromatic heterocycles. The van der Waals surface area contributed by atoms with Crippen molar-refractivity contribution in [2.75, 3.05) is 14.2 Å². The molecule has 0 aliphatic heterocycles. The molecule has 3 heterocycles. The minimum absolute atomic E-state index is 0.0864. The van der Waals surface area contributed by atoms with Crippen LogP contribution in [0.25, 0.3) is 33.5 Å². The van der Waals surface area contributed by atoms with Crippen molar-refractivity contribution in [2.24, 2.45) is 0 Å². The maximum atomic E-state index is 13.1. The molecule has 0 bridgehead atoms. The second-order valence-electron chi connectivity index (χ2n) is 8.78. The summed E-state index contributed by atoms with van der Waals surface area (Å²) in [5.41, 5.74) is 6.07. The molecule has 5 aromatic rings. The normalized spacial score (nSPS) is 11.0. The number of H-pyrrole nitrogens is 1. The molecule has 5 rings (SSSR count). The van der Waals surface area contributed by atoms with Crippen LogP contribution in [0.5, 0.6) is 11.6 Å². The molecule has 0 unspecified atom stereocenters. The highest BCUT2D eigenvalue weighted by atomic mass is 16.5. The van der Waals surface area contributed by atoms with E-state index >= 15 is 0 Å². The van der Waals surface area contributed by atoms with Gasteiger partial charge in [-0.1, -0.05) is 19.1 Å². The Morgan fingerprint density at radius 3 is 2.68 bits per heavy atom. The number of ether oxygens (including phenoxy) is 1. The first-order chi connectivity index (χ1) is 18.0. The van der Waals surface area contributed by atoms with Gasteiger partial charge in [0.1, 0.15) is 11.6 Å². The van der Waals surface area contributed by atoms with Gasteiger partial charge < -0.3 is 19.7 Å². The van der Waals surface area contributed by atoms with E-state index in [1.54, 1.807) is 49.5 Å². The number of aromatic hydroxyl groups is 1. The molecule has 2 aromatic carbocycles. The molecule has 0 aliphatic rings. The summed E-state index contributed by atoms with van der Waals surface area (Å²) in [6.45, 7) is 2.49. The summed E-state index contributed by atoms with van der Waals surface area (Å²) in [5, 5.41) is 10.6. The van der Waals surface area contributed by atoms with Crippen molar-refractivity contribution in [3.63, 3.8) is 0 Å². The third-order valence-corrected chi connectivity index (χ3v) is 6.30. The maximum Gasteiger partial charge on any atom is 0.254 e. The average Bonchev–Trinajstić information content (AvgIpc) is 3.36. The number of phenols is 1. The molecular weight excluding hydrogens is 466 g/mol. The maximum absolute atomic E-state index is 13.1. The molecule has 0 radical (unpaired) electrons. The number of hydrogen-bond donors (Lipinski definition) is 2. The van der Waals surface area contributed by atoms with Crippen molar-refractivity contribution in [1.29, 1.82) is 0 Å². The Labute approximate surface area is 214 Å². The lowest BCUT2D eigenvalue weighted by atomic mass is 10.0. The van der Waals surface area contributed by atoms with E-state index in [1.165, 1.54) is 0 Å². The van der Waals surface area contributed by atoms with Crippen LogP contribution in [0.4, 0.5) is 0 Å². The molecule has 0 saturated carbocycles. The van der Waals surface area contributed by atoms with E-state index in [0.29, 0.717) is 34.9 Å². The number of methoxy groups -OCH3 is 1. The van der Waals surface area contributed by atoms with Gasteiger partial charge in [0.25, 0.3) is 5.91 Å². The van der Waals surface area contributed by atoms with E-state index in [2.05, 4.69) is 26.9 Å². The molecule has 0 aliphatic carbocycles. The molecule has 2 N–H and O–H groups in total. The molecule has 0 spiro atoms. The zero-order valence-corrected chi connectivity index (χ0v) is 20.9. The second kappa shape index (κ2) is 10.1. The van der Waals surface area contributed by atoms with Gasteiger partial charge in [-0.25, -0.2) is 9.97 Å². The van der Waals surface area contributed by atoms with Gasteiger partial charge in [-0.2, -0.15) is 0 Å². The number of rotatable bonds is 7. The Bertz CT molecular complexity index is 1580. The van der Waals surface area contributed by atoms with Crippen molar-refractivity contribution in [2.45, 2.75) is 19.9 Å². The molecule has 0 saturated heterocycles. The Balaban J connectivity index is 1.42. The van der Waals surface area contributed by atoms with Crippen LogP contribution in [0, 0.1) is 0 Å². The van der Waals surface area contributed by atoms with Crippen LogP contribution in [0.1, 0.15) is 28.5 Å². The van der Waals surface area contributed by atoms with Gasteiger partial charge in [0, 0.05) is 30.6 Å². The summed E-state index contributed by atoms with van der Waals surface area (Å²) in [5.74, 6) is 0.951. The molecular formula is C29H27N5O3. The van der Waals surface area contributed by atoms with Crippen LogP contribution in [-0.4, -0.2) is 50.0 Å². The number of aryl methyl sites for hydroxylation is 1. The van der Waals surface area contributed by atoms with Crippen molar-refractivity contribution in [1.82, 2.24) is 24.8 Å². The van der Waals surface area contributed by atoms with Crippen molar-refractivity contribution < 1.29 is 14.6 Å². The summed E-state index contributed by atoms with van der Waals surface area (Å²) in [6, 6.07) is 18.3. The number of carbonyl (C=O) groups is 1. The number of aromatic amines is 1. The highest BCUT2D eigenvalue weighted by Gasteiger charge is 2.17. The number of imidazole rings is 1. The van der Waals surface area contributed by atoms with Gasteiger partial charge in [-0.3, -0.25) is 9.78 Å². The van der Waals surface area contributed by atoms with Gasteiger partial charge in [-0.15, -0.1) is 0 Å². The first kappa shape index (κ1) is 24.0. The van der Waals surface area contributed by atoms with Crippen molar-refractivity contribution >= 4 is 16.9 Å². The number of nitrogens with zero attached hydrogens (tertiary/aromatic N) is 4. The monoisotopic (exact) mass is 493 g/mol. The van der Waals surface area contributed by atoms with Crippen molar-refractivity contribution in [3.8, 4) is 34.1 Å². The third kappa shape index (κ3) is 4.86. The van der Waals surface area contributed by atoms with Crippen LogP contribution in [0.2, 0.25) is 0 Å². The number of phenolic OH excluding ortho intramolecular Hbond substituents is 1. The first-order valence-electron chi connectivity index (χ1n) is 12.0. The number of carbonyl (C=O) groups excluding carboxylic acids is 1. The van der Waals surface area contributed by atoms with E-state index < -0.39 is 0 Å². The number of amides is 1. The molecule has 0 atom stereocenters.